The fraction of sp³-hybridized carbons (Fsp3) is 0.538. The first-order valence-corrected chi connectivity index (χ1v) is 7.69. The lowest BCUT2D eigenvalue weighted by molar-refractivity contribution is 0.0685. The van der Waals surface area contributed by atoms with Crippen LogP contribution in [0.3, 0.4) is 0 Å². The van der Waals surface area contributed by atoms with Crippen molar-refractivity contribution in [1.29, 1.82) is 0 Å². The minimum atomic E-state index is 0.323. The predicted octanol–water partition coefficient (Wildman–Crippen LogP) is 3.21. The van der Waals surface area contributed by atoms with Gasteiger partial charge < -0.3 is 9.64 Å². The molecule has 3 heterocycles. The molecular formula is C13H16ClN3OS. The maximum atomic E-state index is 6.01. The molecule has 0 aromatic carbocycles. The van der Waals surface area contributed by atoms with E-state index in [2.05, 4.69) is 28.0 Å². The minimum Gasteiger partial charge on any atom is -0.381 e. The Morgan fingerprint density at radius 1 is 1.42 bits per heavy atom. The minimum absolute atomic E-state index is 0.323. The molecule has 0 atom stereocenters. The molecule has 0 spiro atoms. The second-order valence-corrected chi connectivity index (χ2v) is 6.12. The average molecular weight is 298 g/mol. The molecule has 0 bridgehead atoms. The molecule has 1 aliphatic heterocycles. The van der Waals surface area contributed by atoms with E-state index in [0.29, 0.717) is 11.2 Å². The van der Waals surface area contributed by atoms with Crippen molar-refractivity contribution >= 4 is 39.0 Å². The van der Waals surface area contributed by atoms with Gasteiger partial charge in [0.1, 0.15) is 10.6 Å². The van der Waals surface area contributed by atoms with Crippen LogP contribution in [0.1, 0.15) is 12.8 Å². The smallest absolute Gasteiger partial charge is 0.225 e. The Morgan fingerprint density at radius 3 is 3.00 bits per heavy atom. The Bertz CT molecular complexity index is 568. The monoisotopic (exact) mass is 297 g/mol. The molecule has 4 nitrogen and oxygen atoms in total. The normalized spacial score (nSPS) is 16.9. The maximum Gasteiger partial charge on any atom is 0.225 e. The van der Waals surface area contributed by atoms with Gasteiger partial charge in [-0.2, -0.15) is 4.98 Å². The zero-order valence-electron chi connectivity index (χ0n) is 10.8. The molecule has 0 saturated carbocycles. The van der Waals surface area contributed by atoms with Crippen LogP contribution in [-0.2, 0) is 4.74 Å². The van der Waals surface area contributed by atoms with Crippen LogP contribution in [0.15, 0.2) is 11.4 Å². The fourth-order valence-electron chi connectivity index (χ4n) is 2.51. The van der Waals surface area contributed by atoms with Crippen molar-refractivity contribution in [2.75, 3.05) is 31.7 Å². The second kappa shape index (κ2) is 5.61. The molecule has 19 heavy (non-hydrogen) atoms. The Kier molecular flexibility index (Phi) is 3.86. The Morgan fingerprint density at radius 2 is 2.21 bits per heavy atom. The van der Waals surface area contributed by atoms with Gasteiger partial charge in [-0.1, -0.05) is 0 Å². The standard InChI is InChI=1S/C13H16ClN3OS/c1-17(8-9-2-5-18-6-3-9)11-10-4-7-19-12(10)16-13(14)15-11/h4,7,9H,2-3,5-6,8H2,1H3. The van der Waals surface area contributed by atoms with E-state index in [1.165, 1.54) is 0 Å². The molecule has 102 valence electrons. The van der Waals surface area contributed by atoms with Crippen molar-refractivity contribution in [2.45, 2.75) is 12.8 Å². The van der Waals surface area contributed by atoms with Gasteiger partial charge >= 0.3 is 0 Å². The lowest BCUT2D eigenvalue weighted by Gasteiger charge is -2.28. The topological polar surface area (TPSA) is 38.2 Å². The van der Waals surface area contributed by atoms with Gasteiger partial charge in [-0.25, -0.2) is 4.98 Å². The number of hydrogen-bond acceptors (Lipinski definition) is 5. The van der Waals surface area contributed by atoms with Gasteiger partial charge in [0.05, 0.1) is 5.39 Å². The third kappa shape index (κ3) is 2.83. The number of hydrogen-bond donors (Lipinski definition) is 0. The summed E-state index contributed by atoms with van der Waals surface area (Å²) in [6.45, 7) is 2.73. The van der Waals surface area contributed by atoms with E-state index in [1.54, 1.807) is 11.3 Å². The summed E-state index contributed by atoms with van der Waals surface area (Å²) in [6, 6.07) is 2.06. The maximum absolute atomic E-state index is 6.01. The highest BCUT2D eigenvalue weighted by Crippen LogP contribution is 2.29. The van der Waals surface area contributed by atoms with E-state index >= 15 is 0 Å². The number of ether oxygens (including phenoxy) is 1. The zero-order chi connectivity index (χ0) is 13.2. The zero-order valence-corrected chi connectivity index (χ0v) is 12.4. The molecule has 2 aromatic heterocycles. The number of aromatic nitrogens is 2. The summed E-state index contributed by atoms with van der Waals surface area (Å²) in [5.74, 6) is 1.60. The van der Waals surface area contributed by atoms with Crippen molar-refractivity contribution in [3.05, 3.63) is 16.7 Å². The third-order valence-corrected chi connectivity index (χ3v) is 4.49. The van der Waals surface area contributed by atoms with Crippen LogP contribution in [0.5, 0.6) is 0 Å². The predicted molar refractivity (Wildman–Crippen MR) is 79.2 cm³/mol. The van der Waals surface area contributed by atoms with Crippen LogP contribution in [0, 0.1) is 5.92 Å². The van der Waals surface area contributed by atoms with Gasteiger partial charge in [0.2, 0.25) is 5.28 Å². The number of rotatable bonds is 3. The molecule has 2 aromatic rings. The van der Waals surface area contributed by atoms with Crippen molar-refractivity contribution in [2.24, 2.45) is 5.92 Å². The van der Waals surface area contributed by atoms with Gasteiger partial charge in [-0.05, 0) is 41.8 Å². The van der Waals surface area contributed by atoms with E-state index in [-0.39, 0.29) is 0 Å². The molecule has 0 unspecified atom stereocenters. The van der Waals surface area contributed by atoms with Gasteiger partial charge in [-0.15, -0.1) is 11.3 Å². The molecule has 3 rings (SSSR count). The molecule has 1 saturated heterocycles. The summed E-state index contributed by atoms with van der Waals surface area (Å²) in [5.41, 5.74) is 0. The first-order valence-electron chi connectivity index (χ1n) is 6.43. The third-order valence-electron chi connectivity index (χ3n) is 3.51. The number of anilines is 1. The summed E-state index contributed by atoms with van der Waals surface area (Å²) in [5, 5.41) is 3.44. The highest BCUT2D eigenvalue weighted by atomic mass is 35.5. The Balaban J connectivity index is 1.83. The van der Waals surface area contributed by atoms with Crippen molar-refractivity contribution in [1.82, 2.24) is 9.97 Å². The first-order chi connectivity index (χ1) is 9.24. The second-order valence-electron chi connectivity index (χ2n) is 4.89. The van der Waals surface area contributed by atoms with Crippen LogP contribution < -0.4 is 4.90 Å². The van der Waals surface area contributed by atoms with E-state index in [4.69, 9.17) is 16.3 Å². The lowest BCUT2D eigenvalue weighted by Crippen LogP contribution is -2.30. The molecule has 0 aliphatic carbocycles. The molecule has 1 fully saturated rings. The highest BCUT2D eigenvalue weighted by molar-refractivity contribution is 7.16. The molecule has 0 amide bonds. The highest BCUT2D eigenvalue weighted by Gasteiger charge is 2.18. The van der Waals surface area contributed by atoms with Gasteiger partial charge in [0, 0.05) is 26.8 Å². The molecule has 6 heteroatoms. The van der Waals surface area contributed by atoms with E-state index in [0.717, 1.165) is 48.6 Å². The van der Waals surface area contributed by atoms with E-state index in [9.17, 15) is 0 Å². The van der Waals surface area contributed by atoms with Crippen molar-refractivity contribution in [3.63, 3.8) is 0 Å². The van der Waals surface area contributed by atoms with Crippen molar-refractivity contribution < 1.29 is 4.74 Å². The van der Waals surface area contributed by atoms with E-state index in [1.807, 2.05) is 5.38 Å². The lowest BCUT2D eigenvalue weighted by atomic mass is 10.00. The Labute approximate surface area is 121 Å². The molecule has 0 N–H and O–H groups in total. The molecular weight excluding hydrogens is 282 g/mol. The summed E-state index contributed by atoms with van der Waals surface area (Å²) in [4.78, 5) is 11.8. The quantitative estimate of drug-likeness (QED) is 0.816. The van der Waals surface area contributed by atoms with Crippen LogP contribution in [0.2, 0.25) is 5.28 Å². The van der Waals surface area contributed by atoms with Crippen LogP contribution in [0.4, 0.5) is 5.82 Å². The SMILES string of the molecule is CN(CC1CCOCC1)c1nc(Cl)nc2sccc12. The van der Waals surface area contributed by atoms with E-state index < -0.39 is 0 Å². The molecule has 1 aliphatic rings. The number of halogens is 1. The van der Waals surface area contributed by atoms with Crippen LogP contribution in [-0.4, -0.2) is 36.8 Å². The van der Waals surface area contributed by atoms with Gasteiger partial charge in [-0.3, -0.25) is 0 Å². The summed E-state index contributed by atoms with van der Waals surface area (Å²) in [7, 11) is 2.07. The first kappa shape index (κ1) is 13.1. The number of fused-ring (bicyclic) bond motifs is 1. The molecule has 0 radical (unpaired) electrons. The summed E-state index contributed by atoms with van der Waals surface area (Å²) >= 11 is 7.60. The Hall–Kier alpha value is -0.910. The van der Waals surface area contributed by atoms with Crippen LogP contribution in [0.25, 0.3) is 10.2 Å². The van der Waals surface area contributed by atoms with Crippen molar-refractivity contribution in [3.8, 4) is 0 Å². The van der Waals surface area contributed by atoms with Crippen LogP contribution >= 0.6 is 22.9 Å². The fourth-order valence-corrected chi connectivity index (χ4v) is 3.48. The van der Waals surface area contributed by atoms with Gasteiger partial charge in [0.25, 0.3) is 0 Å². The summed E-state index contributed by atoms with van der Waals surface area (Å²) < 4.78 is 5.40. The summed E-state index contributed by atoms with van der Waals surface area (Å²) in [6.07, 6.45) is 2.24. The largest absolute Gasteiger partial charge is 0.381 e. The van der Waals surface area contributed by atoms with Gasteiger partial charge in [0.15, 0.2) is 0 Å². The number of thiophene rings is 1. The average Bonchev–Trinajstić information content (AvgIpc) is 2.86. The number of nitrogens with zero attached hydrogens (tertiary/aromatic N) is 3.